The van der Waals surface area contributed by atoms with Crippen molar-refractivity contribution in [1.29, 1.82) is 0 Å². The summed E-state index contributed by atoms with van der Waals surface area (Å²) in [6, 6.07) is 35.4. The molecule has 0 saturated heterocycles. The smallest absolute Gasteiger partial charge is 0.179 e. The molecular formula is C31H21FN2O3S. The normalized spacial score (nSPS) is 11.0. The summed E-state index contributed by atoms with van der Waals surface area (Å²) in [5.74, 6) is 1.15. The Morgan fingerprint density at radius 1 is 0.711 bits per heavy atom. The van der Waals surface area contributed by atoms with Crippen LogP contribution in [-0.4, -0.2) is 9.71 Å². The number of fused-ring (bicyclic) bond motifs is 1. The van der Waals surface area contributed by atoms with Crippen molar-refractivity contribution in [2.45, 2.75) is 4.90 Å². The van der Waals surface area contributed by atoms with Gasteiger partial charge in [-0.3, -0.25) is 0 Å². The van der Waals surface area contributed by atoms with E-state index in [9.17, 15) is 4.39 Å². The van der Waals surface area contributed by atoms with Gasteiger partial charge >= 0.3 is 0 Å². The maximum Gasteiger partial charge on any atom is 0.179 e. The predicted molar refractivity (Wildman–Crippen MR) is 147 cm³/mol. The monoisotopic (exact) mass is 520 g/mol. The Hall–Kier alpha value is -4.59. The highest BCUT2D eigenvalue weighted by molar-refractivity contribution is 7.94. The van der Waals surface area contributed by atoms with Crippen LogP contribution in [-0.2, 0) is 4.33 Å². The molecule has 0 aliphatic carbocycles. The van der Waals surface area contributed by atoms with Crippen LogP contribution in [0.3, 0.4) is 0 Å². The van der Waals surface area contributed by atoms with Crippen LogP contribution in [0.5, 0.6) is 11.5 Å². The molecule has 0 aliphatic heterocycles. The van der Waals surface area contributed by atoms with E-state index in [0.29, 0.717) is 11.4 Å². The SMILES string of the molecule is Fc1ccc(-c2cn(OOSc3ccccc3)c3ncc(-c4ccccc4Oc4ccccc4)cc23)cc1. The molecule has 186 valence electrons. The number of benzene rings is 4. The molecule has 0 bridgehead atoms. The summed E-state index contributed by atoms with van der Waals surface area (Å²) in [4.78, 5) is 11.2. The van der Waals surface area contributed by atoms with Crippen LogP contribution in [0, 0.1) is 5.82 Å². The van der Waals surface area contributed by atoms with E-state index in [0.717, 1.165) is 50.3 Å². The highest BCUT2D eigenvalue weighted by Crippen LogP contribution is 2.37. The van der Waals surface area contributed by atoms with Crippen LogP contribution >= 0.6 is 12.0 Å². The van der Waals surface area contributed by atoms with Gasteiger partial charge in [0, 0.05) is 33.2 Å². The zero-order chi connectivity index (χ0) is 25.7. The second-order valence-corrected chi connectivity index (χ2v) is 9.20. The molecule has 0 aliphatic rings. The van der Waals surface area contributed by atoms with Gasteiger partial charge in [-0.1, -0.05) is 71.1 Å². The number of aromatic nitrogens is 2. The van der Waals surface area contributed by atoms with Crippen LogP contribution in [0.2, 0.25) is 0 Å². The number of rotatable bonds is 8. The van der Waals surface area contributed by atoms with Crippen LogP contribution < -0.4 is 9.73 Å². The minimum atomic E-state index is -0.304. The molecule has 0 saturated carbocycles. The molecule has 4 aromatic carbocycles. The van der Waals surface area contributed by atoms with E-state index >= 15 is 0 Å². The number of para-hydroxylation sites is 2. The summed E-state index contributed by atoms with van der Waals surface area (Å²) in [5.41, 5.74) is 3.96. The first kappa shape index (κ1) is 23.8. The third kappa shape index (κ3) is 5.11. The van der Waals surface area contributed by atoms with Crippen molar-refractivity contribution in [2.75, 3.05) is 0 Å². The number of pyridine rings is 1. The zero-order valence-electron chi connectivity index (χ0n) is 20.0. The highest BCUT2D eigenvalue weighted by atomic mass is 32.2. The highest BCUT2D eigenvalue weighted by Gasteiger charge is 2.17. The van der Waals surface area contributed by atoms with Gasteiger partial charge in [0.15, 0.2) is 5.65 Å². The van der Waals surface area contributed by atoms with Gasteiger partial charge in [0.05, 0.1) is 18.2 Å². The van der Waals surface area contributed by atoms with Gasteiger partial charge in [-0.25, -0.2) is 14.4 Å². The number of hydrogen-bond donors (Lipinski definition) is 0. The zero-order valence-corrected chi connectivity index (χ0v) is 20.8. The van der Waals surface area contributed by atoms with Gasteiger partial charge in [-0.2, -0.15) is 0 Å². The molecule has 2 heterocycles. The molecule has 0 atom stereocenters. The minimum absolute atomic E-state index is 0.304. The first-order valence-electron chi connectivity index (χ1n) is 11.9. The molecule has 6 aromatic rings. The van der Waals surface area contributed by atoms with Gasteiger partial charge in [0.2, 0.25) is 0 Å². The third-order valence-corrected chi connectivity index (χ3v) is 6.51. The first-order valence-corrected chi connectivity index (χ1v) is 12.6. The summed E-state index contributed by atoms with van der Waals surface area (Å²) in [6.07, 6.45) is 3.56. The number of nitrogens with zero attached hydrogens (tertiary/aromatic N) is 2. The van der Waals surface area contributed by atoms with Crippen LogP contribution in [0.4, 0.5) is 4.39 Å². The second kappa shape index (κ2) is 10.8. The third-order valence-electron chi connectivity index (χ3n) is 5.92. The van der Waals surface area contributed by atoms with E-state index in [4.69, 9.17) is 19.0 Å². The first-order chi connectivity index (χ1) is 18.7. The molecule has 0 radical (unpaired) electrons. The Morgan fingerprint density at radius 2 is 1.42 bits per heavy atom. The van der Waals surface area contributed by atoms with Gasteiger partial charge in [0.25, 0.3) is 0 Å². The maximum atomic E-state index is 13.7. The fourth-order valence-electron chi connectivity index (χ4n) is 4.12. The molecule has 5 nitrogen and oxygen atoms in total. The standard InChI is InChI=1S/C31H21FN2O3S/c32-24-17-15-22(16-18-24)29-21-34(36-37-38-26-11-5-2-6-12-26)31-28(29)19-23(20-33-31)27-13-7-8-14-30(27)35-25-9-3-1-4-10-25/h1-21H. The Labute approximate surface area is 223 Å². The Morgan fingerprint density at radius 3 is 2.21 bits per heavy atom. The molecule has 38 heavy (non-hydrogen) atoms. The quantitative estimate of drug-likeness (QED) is 0.115. The average molecular weight is 521 g/mol. The van der Waals surface area contributed by atoms with Gasteiger partial charge in [0.1, 0.15) is 17.3 Å². The second-order valence-electron chi connectivity index (χ2n) is 8.42. The van der Waals surface area contributed by atoms with E-state index < -0.39 is 0 Å². The topological polar surface area (TPSA) is 45.5 Å². The molecule has 2 aromatic heterocycles. The summed E-state index contributed by atoms with van der Waals surface area (Å²) in [6.45, 7) is 0. The van der Waals surface area contributed by atoms with E-state index in [1.807, 2.05) is 91.0 Å². The van der Waals surface area contributed by atoms with E-state index in [1.165, 1.54) is 16.9 Å². The summed E-state index contributed by atoms with van der Waals surface area (Å²) in [7, 11) is 0. The molecule has 0 amide bonds. The van der Waals surface area contributed by atoms with Crippen molar-refractivity contribution in [2.24, 2.45) is 0 Å². The number of ether oxygens (including phenoxy) is 1. The summed E-state index contributed by atoms with van der Waals surface area (Å²) >= 11 is 1.10. The van der Waals surface area contributed by atoms with Crippen molar-refractivity contribution in [3.8, 4) is 33.8 Å². The fraction of sp³-hybridized carbons (Fsp3) is 0. The molecule has 0 unspecified atom stereocenters. The lowest BCUT2D eigenvalue weighted by molar-refractivity contribution is -0.188. The lowest BCUT2D eigenvalue weighted by Gasteiger charge is -2.11. The molecule has 0 spiro atoms. The maximum absolute atomic E-state index is 13.7. The van der Waals surface area contributed by atoms with Crippen molar-refractivity contribution in [3.63, 3.8) is 0 Å². The molecule has 0 N–H and O–H groups in total. The van der Waals surface area contributed by atoms with Gasteiger partial charge in [-0.15, -0.1) is 4.73 Å². The minimum Gasteiger partial charge on any atom is -0.457 e. The molecule has 0 fully saturated rings. The fourth-order valence-corrected chi connectivity index (χ4v) is 4.56. The van der Waals surface area contributed by atoms with Crippen LogP contribution in [0.15, 0.2) is 133 Å². The Balaban J connectivity index is 1.39. The predicted octanol–water partition coefficient (Wildman–Crippen LogP) is 8.37. The Kier molecular flexibility index (Phi) is 6.76. The van der Waals surface area contributed by atoms with Crippen molar-refractivity contribution in [3.05, 3.63) is 133 Å². The van der Waals surface area contributed by atoms with Gasteiger partial charge < -0.3 is 4.74 Å². The van der Waals surface area contributed by atoms with Crippen LogP contribution in [0.1, 0.15) is 0 Å². The number of halogens is 1. The summed E-state index contributed by atoms with van der Waals surface area (Å²) < 4.78 is 26.8. The van der Waals surface area contributed by atoms with E-state index in [2.05, 4.69) is 0 Å². The van der Waals surface area contributed by atoms with Crippen molar-refractivity contribution >= 4 is 23.1 Å². The summed E-state index contributed by atoms with van der Waals surface area (Å²) in [5, 5.41) is 0.817. The molecular weight excluding hydrogens is 499 g/mol. The van der Waals surface area contributed by atoms with E-state index in [-0.39, 0.29) is 5.82 Å². The van der Waals surface area contributed by atoms with Gasteiger partial charge in [-0.05, 0) is 54.1 Å². The molecule has 7 heteroatoms. The number of hydrogen-bond acceptors (Lipinski definition) is 5. The van der Waals surface area contributed by atoms with E-state index in [1.54, 1.807) is 24.5 Å². The average Bonchev–Trinajstić information content (AvgIpc) is 3.33. The van der Waals surface area contributed by atoms with Crippen LogP contribution in [0.25, 0.3) is 33.3 Å². The van der Waals surface area contributed by atoms with Crippen molar-refractivity contribution < 1.29 is 18.4 Å². The lowest BCUT2D eigenvalue weighted by Crippen LogP contribution is -2.07. The Bertz CT molecular complexity index is 1670. The molecule has 6 rings (SSSR count). The lowest BCUT2D eigenvalue weighted by atomic mass is 10.0. The van der Waals surface area contributed by atoms with Crippen molar-refractivity contribution in [1.82, 2.24) is 9.71 Å². The largest absolute Gasteiger partial charge is 0.457 e.